The Hall–Kier alpha value is -0.120. The molecule has 0 radical (unpaired) electrons. The maximum Gasteiger partial charge on any atom is 0.191 e. The highest BCUT2D eigenvalue weighted by Gasteiger charge is 2.23. The van der Waals surface area contributed by atoms with Crippen LogP contribution in [0.2, 0.25) is 0 Å². The average Bonchev–Trinajstić information content (AvgIpc) is 2.90. The van der Waals surface area contributed by atoms with Crippen molar-refractivity contribution in [1.29, 1.82) is 0 Å². The van der Waals surface area contributed by atoms with Gasteiger partial charge in [-0.2, -0.15) is 0 Å². The predicted octanol–water partition coefficient (Wildman–Crippen LogP) is 2.14. The second-order valence-electron chi connectivity index (χ2n) is 7.50. The van der Waals surface area contributed by atoms with Crippen molar-refractivity contribution in [3.8, 4) is 0 Å². The molecule has 2 aliphatic rings. The lowest BCUT2D eigenvalue weighted by Crippen LogP contribution is -2.53. The summed E-state index contributed by atoms with van der Waals surface area (Å²) in [6, 6.07) is 0.976. The average molecular weight is 481 g/mol. The van der Waals surface area contributed by atoms with Gasteiger partial charge in [-0.1, -0.05) is 12.8 Å². The lowest BCUT2D eigenvalue weighted by molar-refractivity contribution is -0.0174. The van der Waals surface area contributed by atoms with E-state index in [1.807, 2.05) is 7.05 Å². The number of hydrogen-bond donors (Lipinski definition) is 2. The Labute approximate surface area is 177 Å². The molecule has 0 aromatic rings. The first-order valence-corrected chi connectivity index (χ1v) is 10.2. The summed E-state index contributed by atoms with van der Waals surface area (Å²) in [5.41, 5.74) is 0. The van der Waals surface area contributed by atoms with Crippen molar-refractivity contribution >= 4 is 29.9 Å². The van der Waals surface area contributed by atoms with Crippen molar-refractivity contribution in [1.82, 2.24) is 20.4 Å². The summed E-state index contributed by atoms with van der Waals surface area (Å²) < 4.78 is 5.53. The molecule has 2 unspecified atom stereocenters. The Morgan fingerprint density at radius 3 is 2.54 bits per heavy atom. The van der Waals surface area contributed by atoms with Gasteiger partial charge in [0.1, 0.15) is 0 Å². The zero-order chi connectivity index (χ0) is 17.9. The first-order valence-electron chi connectivity index (χ1n) is 10.2. The molecule has 2 N–H and O–H groups in total. The van der Waals surface area contributed by atoms with Crippen LogP contribution in [0.15, 0.2) is 4.99 Å². The van der Waals surface area contributed by atoms with E-state index in [-0.39, 0.29) is 24.0 Å². The number of likely N-dealkylation sites (tertiary alicyclic amines) is 1. The standard InChI is InChI=1S/C19H39N5O.HI/c1-17(24-13-14-25-16-18(24)2)15-22-19(20-3)21-9-8-12-23-10-6-4-5-7-11-23;/h17-18H,4-16H2,1-3H3,(H2,20,21,22);1H. The van der Waals surface area contributed by atoms with Crippen molar-refractivity contribution < 1.29 is 4.74 Å². The van der Waals surface area contributed by atoms with E-state index in [0.717, 1.165) is 38.8 Å². The number of ether oxygens (including phenoxy) is 1. The lowest BCUT2D eigenvalue weighted by atomic mass is 10.2. The van der Waals surface area contributed by atoms with E-state index >= 15 is 0 Å². The molecule has 0 bridgehead atoms. The van der Waals surface area contributed by atoms with Crippen LogP contribution in [0.25, 0.3) is 0 Å². The smallest absolute Gasteiger partial charge is 0.191 e. The van der Waals surface area contributed by atoms with Gasteiger partial charge in [0.15, 0.2) is 5.96 Å². The molecule has 2 heterocycles. The van der Waals surface area contributed by atoms with E-state index in [1.54, 1.807) is 0 Å². The fraction of sp³-hybridized carbons (Fsp3) is 0.947. The van der Waals surface area contributed by atoms with Gasteiger partial charge in [-0.25, -0.2) is 0 Å². The maximum absolute atomic E-state index is 5.53. The normalized spacial score (nSPS) is 24.4. The molecule has 2 atom stereocenters. The molecule has 2 saturated heterocycles. The van der Waals surface area contributed by atoms with Gasteiger partial charge in [-0.15, -0.1) is 24.0 Å². The van der Waals surface area contributed by atoms with Crippen LogP contribution < -0.4 is 10.6 Å². The topological polar surface area (TPSA) is 52.1 Å². The van der Waals surface area contributed by atoms with Crippen LogP contribution in [-0.2, 0) is 4.74 Å². The van der Waals surface area contributed by atoms with Gasteiger partial charge >= 0.3 is 0 Å². The molecule has 0 aromatic carbocycles. The van der Waals surface area contributed by atoms with Crippen molar-refractivity contribution in [2.45, 2.75) is 58.0 Å². The second-order valence-corrected chi connectivity index (χ2v) is 7.50. The van der Waals surface area contributed by atoms with Gasteiger partial charge in [0, 0.05) is 38.8 Å². The van der Waals surface area contributed by atoms with Gasteiger partial charge in [-0.05, 0) is 52.7 Å². The zero-order valence-electron chi connectivity index (χ0n) is 17.0. The van der Waals surface area contributed by atoms with E-state index in [9.17, 15) is 0 Å². The van der Waals surface area contributed by atoms with E-state index in [0.29, 0.717) is 12.1 Å². The summed E-state index contributed by atoms with van der Waals surface area (Å²) in [6.45, 7) is 12.9. The van der Waals surface area contributed by atoms with Gasteiger partial charge in [0.05, 0.1) is 13.2 Å². The van der Waals surface area contributed by atoms with Crippen LogP contribution >= 0.6 is 24.0 Å². The van der Waals surface area contributed by atoms with E-state index in [1.165, 1.54) is 51.7 Å². The molecule has 0 aliphatic carbocycles. The molecule has 6 nitrogen and oxygen atoms in total. The van der Waals surface area contributed by atoms with Crippen molar-refractivity contribution in [2.24, 2.45) is 4.99 Å². The first kappa shape index (κ1) is 23.9. The minimum absolute atomic E-state index is 0. The highest BCUT2D eigenvalue weighted by atomic mass is 127. The molecule has 2 rings (SSSR count). The quantitative estimate of drug-likeness (QED) is 0.253. The zero-order valence-corrected chi connectivity index (χ0v) is 19.3. The summed E-state index contributed by atoms with van der Waals surface area (Å²) in [5, 5.41) is 6.94. The monoisotopic (exact) mass is 481 g/mol. The van der Waals surface area contributed by atoms with Gasteiger partial charge in [0.25, 0.3) is 0 Å². The van der Waals surface area contributed by atoms with Crippen molar-refractivity contribution in [3.63, 3.8) is 0 Å². The fourth-order valence-electron chi connectivity index (χ4n) is 3.85. The highest BCUT2D eigenvalue weighted by molar-refractivity contribution is 14.0. The molecule has 0 saturated carbocycles. The van der Waals surface area contributed by atoms with Crippen LogP contribution in [0.5, 0.6) is 0 Å². The summed E-state index contributed by atoms with van der Waals surface area (Å²) in [4.78, 5) is 9.50. The predicted molar refractivity (Wildman–Crippen MR) is 121 cm³/mol. The number of guanidine groups is 1. The summed E-state index contributed by atoms with van der Waals surface area (Å²) in [5.74, 6) is 0.920. The van der Waals surface area contributed by atoms with Crippen LogP contribution in [0, 0.1) is 0 Å². The summed E-state index contributed by atoms with van der Waals surface area (Å²) >= 11 is 0. The molecule has 154 valence electrons. The molecule has 26 heavy (non-hydrogen) atoms. The minimum Gasteiger partial charge on any atom is -0.379 e. The Morgan fingerprint density at radius 2 is 1.88 bits per heavy atom. The minimum atomic E-state index is 0. The van der Waals surface area contributed by atoms with E-state index in [4.69, 9.17) is 4.74 Å². The molecule has 2 fully saturated rings. The Kier molecular flexibility index (Phi) is 12.8. The van der Waals surface area contributed by atoms with Gasteiger partial charge in [0.2, 0.25) is 0 Å². The molecular weight excluding hydrogens is 441 g/mol. The highest BCUT2D eigenvalue weighted by Crippen LogP contribution is 2.10. The maximum atomic E-state index is 5.53. The SMILES string of the molecule is CN=C(NCCCN1CCCCCC1)NCC(C)N1CCOCC1C.I. The van der Waals surface area contributed by atoms with Crippen molar-refractivity contribution in [3.05, 3.63) is 0 Å². The second kappa shape index (κ2) is 14.0. The van der Waals surface area contributed by atoms with Crippen molar-refractivity contribution in [2.75, 3.05) is 59.5 Å². The lowest BCUT2D eigenvalue weighted by Gasteiger charge is -2.38. The number of nitrogens with zero attached hydrogens (tertiary/aromatic N) is 3. The summed E-state index contributed by atoms with van der Waals surface area (Å²) in [6.07, 6.45) is 6.73. The molecule has 0 aromatic heterocycles. The Morgan fingerprint density at radius 1 is 1.15 bits per heavy atom. The van der Waals surface area contributed by atoms with E-state index < -0.39 is 0 Å². The number of halogens is 1. The Balaban J connectivity index is 0.00000338. The molecular formula is C19H40IN5O. The van der Waals surface area contributed by atoms with Gasteiger partial charge < -0.3 is 20.3 Å². The van der Waals surface area contributed by atoms with Crippen LogP contribution in [0.3, 0.4) is 0 Å². The number of rotatable bonds is 7. The first-order chi connectivity index (χ1) is 12.2. The number of hydrogen-bond acceptors (Lipinski definition) is 4. The van der Waals surface area contributed by atoms with Crippen LogP contribution in [-0.4, -0.2) is 87.4 Å². The molecule has 2 aliphatic heterocycles. The third kappa shape index (κ3) is 8.71. The number of nitrogens with one attached hydrogen (secondary N) is 2. The molecule has 0 spiro atoms. The number of aliphatic imine (C=N–C) groups is 1. The Bertz CT molecular complexity index is 388. The largest absolute Gasteiger partial charge is 0.379 e. The van der Waals surface area contributed by atoms with Gasteiger partial charge in [-0.3, -0.25) is 9.89 Å². The van der Waals surface area contributed by atoms with Crippen LogP contribution in [0.1, 0.15) is 46.0 Å². The molecule has 0 amide bonds. The third-order valence-electron chi connectivity index (χ3n) is 5.42. The van der Waals surface area contributed by atoms with E-state index in [2.05, 4.69) is 39.3 Å². The third-order valence-corrected chi connectivity index (χ3v) is 5.42. The molecule has 7 heteroatoms. The number of morpholine rings is 1. The van der Waals surface area contributed by atoms with Crippen LogP contribution in [0.4, 0.5) is 0 Å². The summed E-state index contributed by atoms with van der Waals surface area (Å²) in [7, 11) is 1.85. The fourth-order valence-corrected chi connectivity index (χ4v) is 3.85.